The molecule has 132 valence electrons. The first-order valence-electron chi connectivity index (χ1n) is 9.48. The van der Waals surface area contributed by atoms with E-state index in [0.717, 1.165) is 43.0 Å². The van der Waals surface area contributed by atoms with Gasteiger partial charge in [-0.25, -0.2) is 4.98 Å². The first kappa shape index (κ1) is 16.7. The second-order valence-electron chi connectivity index (χ2n) is 7.21. The number of amides is 1. The molecule has 0 spiro atoms. The Morgan fingerprint density at radius 3 is 2.92 bits per heavy atom. The molecule has 2 aromatic rings. The number of nitrogens with zero attached hydrogens (tertiary/aromatic N) is 1. The van der Waals surface area contributed by atoms with Crippen LogP contribution >= 0.6 is 11.3 Å². The van der Waals surface area contributed by atoms with Crippen molar-refractivity contribution < 1.29 is 9.69 Å². The molecular formula is C20H26N3OS+. The zero-order valence-electron chi connectivity index (χ0n) is 14.9. The van der Waals surface area contributed by atoms with Crippen molar-refractivity contribution >= 4 is 22.4 Å². The van der Waals surface area contributed by atoms with Gasteiger partial charge in [0.05, 0.1) is 23.7 Å². The molecule has 4 rings (SSSR count). The summed E-state index contributed by atoms with van der Waals surface area (Å²) in [4.78, 5) is 20.3. The normalized spacial score (nSPS) is 19.2. The van der Waals surface area contributed by atoms with Crippen molar-refractivity contribution in [3.63, 3.8) is 0 Å². The lowest BCUT2D eigenvalue weighted by atomic mass is 9.90. The number of carbonyl (C=O) groups is 1. The van der Waals surface area contributed by atoms with Gasteiger partial charge in [-0.05, 0) is 55.4 Å². The van der Waals surface area contributed by atoms with Gasteiger partial charge in [0.1, 0.15) is 6.54 Å². The van der Waals surface area contributed by atoms with Gasteiger partial charge in [0.15, 0.2) is 5.13 Å². The lowest BCUT2D eigenvalue weighted by Gasteiger charge is -2.22. The van der Waals surface area contributed by atoms with E-state index >= 15 is 0 Å². The molecule has 1 aliphatic heterocycles. The molecule has 1 unspecified atom stereocenters. The predicted molar refractivity (Wildman–Crippen MR) is 102 cm³/mol. The van der Waals surface area contributed by atoms with E-state index in [9.17, 15) is 4.79 Å². The van der Waals surface area contributed by atoms with Crippen LogP contribution in [0.2, 0.25) is 0 Å². The fourth-order valence-corrected chi connectivity index (χ4v) is 5.07. The molecule has 1 aromatic heterocycles. The average Bonchev–Trinajstić information content (AvgIpc) is 3.03. The summed E-state index contributed by atoms with van der Waals surface area (Å²) in [5.41, 5.74) is 4.69. The minimum atomic E-state index is -0.0303. The van der Waals surface area contributed by atoms with Crippen molar-refractivity contribution in [1.29, 1.82) is 0 Å². The van der Waals surface area contributed by atoms with Crippen LogP contribution in [-0.2, 0) is 25.8 Å². The quantitative estimate of drug-likeness (QED) is 0.885. The number of nitrogens with one attached hydrogen (secondary N) is 2. The highest BCUT2D eigenvalue weighted by atomic mass is 32.1. The molecule has 4 nitrogen and oxygen atoms in total. The first-order valence-corrected chi connectivity index (χ1v) is 10.3. The summed E-state index contributed by atoms with van der Waals surface area (Å²) in [5, 5.41) is 3.78. The van der Waals surface area contributed by atoms with Gasteiger partial charge in [0, 0.05) is 12.0 Å². The average molecular weight is 357 g/mol. The van der Waals surface area contributed by atoms with Crippen molar-refractivity contribution in [3.8, 4) is 0 Å². The van der Waals surface area contributed by atoms with Crippen molar-refractivity contribution in [2.24, 2.45) is 0 Å². The summed E-state index contributed by atoms with van der Waals surface area (Å²) in [7, 11) is 0. The maximum atomic E-state index is 12.6. The van der Waals surface area contributed by atoms with E-state index in [0.29, 0.717) is 0 Å². The number of fused-ring (bicyclic) bond motifs is 2. The molecule has 1 atom stereocenters. The third-order valence-electron chi connectivity index (χ3n) is 5.34. The van der Waals surface area contributed by atoms with E-state index in [2.05, 4.69) is 29.4 Å². The van der Waals surface area contributed by atoms with Gasteiger partial charge in [-0.15, -0.1) is 0 Å². The Morgan fingerprint density at radius 1 is 1.24 bits per heavy atom. The second kappa shape index (κ2) is 7.26. The van der Waals surface area contributed by atoms with Crippen LogP contribution in [0, 0.1) is 0 Å². The minimum absolute atomic E-state index is 0.0303. The van der Waals surface area contributed by atoms with Gasteiger partial charge in [0.25, 0.3) is 5.91 Å². The third kappa shape index (κ3) is 3.62. The van der Waals surface area contributed by atoms with Gasteiger partial charge in [-0.1, -0.05) is 24.3 Å². The van der Waals surface area contributed by atoms with Crippen LogP contribution in [0.3, 0.4) is 0 Å². The molecule has 1 aliphatic carbocycles. The monoisotopic (exact) mass is 356 g/mol. The fraction of sp³-hybridized carbons (Fsp3) is 0.500. The Morgan fingerprint density at radius 2 is 2.08 bits per heavy atom. The largest absolute Gasteiger partial charge is 0.330 e. The predicted octanol–water partition coefficient (Wildman–Crippen LogP) is 2.63. The van der Waals surface area contributed by atoms with Gasteiger partial charge in [-0.3, -0.25) is 10.1 Å². The molecule has 0 fully saturated rings. The highest BCUT2D eigenvalue weighted by Crippen LogP contribution is 2.26. The Kier molecular flexibility index (Phi) is 4.86. The SMILES string of the molecule is CCC[NH+]1CCc2nc(NC(=O)c3ccc4c(c3)CCCC4)sc2C1. The van der Waals surface area contributed by atoms with Crippen molar-refractivity contribution in [2.75, 3.05) is 18.4 Å². The number of carbonyl (C=O) groups excluding carboxylic acids is 1. The number of aryl methyl sites for hydroxylation is 2. The summed E-state index contributed by atoms with van der Waals surface area (Å²) >= 11 is 1.65. The van der Waals surface area contributed by atoms with E-state index in [1.807, 2.05) is 6.07 Å². The molecule has 25 heavy (non-hydrogen) atoms. The number of anilines is 1. The van der Waals surface area contributed by atoms with E-state index in [4.69, 9.17) is 0 Å². The molecular weight excluding hydrogens is 330 g/mol. The molecule has 5 heteroatoms. The highest BCUT2D eigenvalue weighted by molar-refractivity contribution is 7.15. The van der Waals surface area contributed by atoms with Crippen molar-refractivity contribution in [2.45, 2.75) is 52.0 Å². The van der Waals surface area contributed by atoms with Crippen LogP contribution in [0.15, 0.2) is 18.2 Å². The van der Waals surface area contributed by atoms with Gasteiger partial charge in [0.2, 0.25) is 0 Å². The third-order valence-corrected chi connectivity index (χ3v) is 6.35. The fourth-order valence-electron chi connectivity index (χ4n) is 3.99. The molecule has 1 amide bonds. The first-order chi connectivity index (χ1) is 12.2. The molecule has 1 aromatic carbocycles. The summed E-state index contributed by atoms with van der Waals surface area (Å²) in [5.74, 6) is -0.0303. The standard InChI is InChI=1S/C20H25N3OS/c1-2-10-23-11-9-17-18(13-23)25-20(21-17)22-19(24)16-8-7-14-5-3-4-6-15(14)12-16/h7-8,12H,2-6,9-11,13H2,1H3,(H,21,22,24)/p+1. The Hall–Kier alpha value is -1.72. The smallest absolute Gasteiger partial charge is 0.257 e. The summed E-state index contributed by atoms with van der Waals surface area (Å²) in [6.45, 7) is 5.66. The Bertz CT molecular complexity index is 783. The number of rotatable bonds is 4. The number of hydrogen-bond donors (Lipinski definition) is 2. The van der Waals surface area contributed by atoms with E-state index in [1.165, 1.54) is 47.5 Å². The van der Waals surface area contributed by atoms with Gasteiger partial charge in [-0.2, -0.15) is 0 Å². The highest BCUT2D eigenvalue weighted by Gasteiger charge is 2.24. The van der Waals surface area contributed by atoms with E-state index in [-0.39, 0.29) is 5.91 Å². The van der Waals surface area contributed by atoms with Crippen LogP contribution in [0.4, 0.5) is 5.13 Å². The maximum absolute atomic E-state index is 12.6. The molecule has 0 saturated carbocycles. The lowest BCUT2D eigenvalue weighted by Crippen LogP contribution is -3.11. The molecule has 0 radical (unpaired) electrons. The number of benzene rings is 1. The number of quaternary nitrogens is 1. The number of hydrogen-bond acceptors (Lipinski definition) is 3. The topological polar surface area (TPSA) is 46.4 Å². The van der Waals surface area contributed by atoms with Crippen molar-refractivity contribution in [1.82, 2.24) is 4.98 Å². The molecule has 0 saturated heterocycles. The molecule has 2 N–H and O–H groups in total. The second-order valence-corrected chi connectivity index (χ2v) is 8.29. The van der Waals surface area contributed by atoms with Crippen LogP contribution in [0.25, 0.3) is 0 Å². The zero-order valence-corrected chi connectivity index (χ0v) is 15.7. The van der Waals surface area contributed by atoms with Crippen LogP contribution in [0.5, 0.6) is 0 Å². The minimum Gasteiger partial charge on any atom is -0.330 e. The maximum Gasteiger partial charge on any atom is 0.257 e. The number of thiazole rings is 1. The van der Waals surface area contributed by atoms with Gasteiger partial charge < -0.3 is 4.90 Å². The van der Waals surface area contributed by atoms with Gasteiger partial charge >= 0.3 is 0 Å². The Balaban J connectivity index is 1.47. The van der Waals surface area contributed by atoms with Crippen molar-refractivity contribution in [3.05, 3.63) is 45.5 Å². The summed E-state index contributed by atoms with van der Waals surface area (Å²) < 4.78 is 0. The molecule has 2 heterocycles. The number of aromatic nitrogens is 1. The van der Waals surface area contributed by atoms with E-state index < -0.39 is 0 Å². The molecule has 2 aliphatic rings. The summed E-state index contributed by atoms with van der Waals surface area (Å²) in [6.07, 6.45) is 6.97. The zero-order chi connectivity index (χ0) is 17.2. The van der Waals surface area contributed by atoms with Crippen LogP contribution < -0.4 is 10.2 Å². The van der Waals surface area contributed by atoms with E-state index in [1.54, 1.807) is 16.2 Å². The Labute approximate surface area is 153 Å². The summed E-state index contributed by atoms with van der Waals surface area (Å²) in [6, 6.07) is 6.16. The lowest BCUT2D eigenvalue weighted by molar-refractivity contribution is -0.915. The van der Waals surface area contributed by atoms with Crippen LogP contribution in [0.1, 0.15) is 58.2 Å². The molecule has 0 bridgehead atoms. The van der Waals surface area contributed by atoms with Crippen LogP contribution in [-0.4, -0.2) is 24.0 Å².